The van der Waals surface area contributed by atoms with Crippen molar-refractivity contribution in [2.24, 2.45) is 0 Å². The molecule has 1 aromatic carbocycles. The van der Waals surface area contributed by atoms with Gasteiger partial charge in [0, 0.05) is 12.2 Å². The fraction of sp³-hybridized carbons (Fsp3) is 0.417. The SMILES string of the molecule is Cc1cc(N)cc(C(=O)NCC(C)(O)CO)c1F. The van der Waals surface area contributed by atoms with E-state index in [1.165, 1.54) is 26.0 Å². The first-order chi connectivity index (χ1) is 8.26. The van der Waals surface area contributed by atoms with E-state index in [0.717, 1.165) is 0 Å². The van der Waals surface area contributed by atoms with Gasteiger partial charge in [0.25, 0.3) is 5.91 Å². The van der Waals surface area contributed by atoms with Gasteiger partial charge < -0.3 is 21.3 Å². The molecule has 1 unspecified atom stereocenters. The standard InChI is InChI=1S/C12H17FN2O3/c1-7-3-8(14)4-9(10(7)13)11(17)15-5-12(2,18)6-16/h3-4,16,18H,5-6,14H2,1-2H3,(H,15,17). The third-order valence-electron chi connectivity index (χ3n) is 2.49. The van der Waals surface area contributed by atoms with E-state index in [9.17, 15) is 14.3 Å². The van der Waals surface area contributed by atoms with E-state index in [2.05, 4.69) is 5.32 Å². The zero-order chi connectivity index (χ0) is 13.9. The number of rotatable bonds is 4. The van der Waals surface area contributed by atoms with E-state index >= 15 is 0 Å². The van der Waals surface area contributed by atoms with Crippen LogP contribution in [-0.2, 0) is 0 Å². The maximum absolute atomic E-state index is 13.7. The summed E-state index contributed by atoms with van der Waals surface area (Å²) in [6, 6.07) is 2.65. The van der Waals surface area contributed by atoms with Crippen LogP contribution in [0.2, 0.25) is 0 Å². The van der Waals surface area contributed by atoms with Gasteiger partial charge in [-0.15, -0.1) is 0 Å². The Kier molecular flexibility index (Phi) is 4.26. The van der Waals surface area contributed by atoms with Crippen molar-refractivity contribution in [3.8, 4) is 0 Å². The van der Waals surface area contributed by atoms with Gasteiger partial charge in [0.05, 0.1) is 12.2 Å². The summed E-state index contributed by atoms with van der Waals surface area (Å²) in [5.74, 6) is -1.33. The van der Waals surface area contributed by atoms with Crippen LogP contribution in [0.1, 0.15) is 22.8 Å². The summed E-state index contributed by atoms with van der Waals surface area (Å²) in [4.78, 5) is 11.7. The third-order valence-corrected chi connectivity index (χ3v) is 2.49. The van der Waals surface area contributed by atoms with Gasteiger partial charge in [-0.2, -0.15) is 0 Å². The monoisotopic (exact) mass is 256 g/mol. The Balaban J connectivity index is 2.85. The molecule has 0 radical (unpaired) electrons. The molecular weight excluding hydrogens is 239 g/mol. The number of aliphatic hydroxyl groups is 2. The van der Waals surface area contributed by atoms with Crippen molar-refractivity contribution in [3.05, 3.63) is 29.1 Å². The lowest BCUT2D eigenvalue weighted by Crippen LogP contribution is -2.43. The number of hydrogen-bond acceptors (Lipinski definition) is 4. The minimum Gasteiger partial charge on any atom is -0.399 e. The lowest BCUT2D eigenvalue weighted by molar-refractivity contribution is 0.00317. The average Bonchev–Trinajstić information content (AvgIpc) is 2.31. The molecule has 0 saturated heterocycles. The molecule has 100 valence electrons. The fourth-order valence-corrected chi connectivity index (χ4v) is 1.38. The number of carbonyl (C=O) groups excluding carboxylic acids is 1. The van der Waals surface area contributed by atoms with Crippen molar-refractivity contribution in [2.45, 2.75) is 19.4 Å². The fourth-order valence-electron chi connectivity index (χ4n) is 1.38. The molecular formula is C12H17FN2O3. The summed E-state index contributed by atoms with van der Waals surface area (Å²) in [5.41, 5.74) is 4.47. The number of aliphatic hydroxyl groups excluding tert-OH is 1. The van der Waals surface area contributed by atoms with Gasteiger partial charge in [-0.1, -0.05) is 0 Å². The molecule has 1 rings (SSSR count). The van der Waals surface area contributed by atoms with E-state index < -0.39 is 23.9 Å². The second-order valence-electron chi connectivity index (χ2n) is 4.54. The minimum absolute atomic E-state index is 0.179. The van der Waals surface area contributed by atoms with Crippen LogP contribution in [0.3, 0.4) is 0 Å². The Morgan fingerprint density at radius 3 is 2.72 bits per heavy atom. The van der Waals surface area contributed by atoms with Crippen LogP contribution in [-0.4, -0.2) is 34.9 Å². The van der Waals surface area contributed by atoms with Crippen LogP contribution < -0.4 is 11.1 Å². The Labute approximate surface area is 104 Å². The Morgan fingerprint density at radius 1 is 1.56 bits per heavy atom. The number of hydrogen-bond donors (Lipinski definition) is 4. The lowest BCUT2D eigenvalue weighted by atomic mass is 10.1. The van der Waals surface area contributed by atoms with Gasteiger partial charge in [0.2, 0.25) is 0 Å². The number of carbonyl (C=O) groups is 1. The van der Waals surface area contributed by atoms with Crippen molar-refractivity contribution in [1.29, 1.82) is 0 Å². The van der Waals surface area contributed by atoms with E-state index in [4.69, 9.17) is 10.8 Å². The predicted molar refractivity (Wildman–Crippen MR) is 65.6 cm³/mol. The van der Waals surface area contributed by atoms with Crippen molar-refractivity contribution in [1.82, 2.24) is 5.32 Å². The normalized spacial score (nSPS) is 14.1. The van der Waals surface area contributed by atoms with Crippen molar-refractivity contribution in [2.75, 3.05) is 18.9 Å². The van der Waals surface area contributed by atoms with Gasteiger partial charge in [0.1, 0.15) is 11.4 Å². The second-order valence-corrected chi connectivity index (χ2v) is 4.54. The summed E-state index contributed by atoms with van der Waals surface area (Å²) in [6.45, 7) is 2.17. The number of anilines is 1. The number of halogens is 1. The van der Waals surface area contributed by atoms with Crippen LogP contribution in [0.25, 0.3) is 0 Å². The molecule has 0 aliphatic carbocycles. The molecule has 5 nitrogen and oxygen atoms in total. The van der Waals surface area contributed by atoms with Crippen LogP contribution in [0.4, 0.5) is 10.1 Å². The van der Waals surface area contributed by atoms with Crippen molar-refractivity contribution < 1.29 is 19.4 Å². The number of aryl methyl sites for hydroxylation is 1. The second kappa shape index (κ2) is 5.32. The van der Waals surface area contributed by atoms with Gasteiger partial charge >= 0.3 is 0 Å². The van der Waals surface area contributed by atoms with Gasteiger partial charge in [-0.05, 0) is 31.5 Å². The van der Waals surface area contributed by atoms with Crippen LogP contribution in [0, 0.1) is 12.7 Å². The number of nitrogen functional groups attached to an aromatic ring is 1. The zero-order valence-corrected chi connectivity index (χ0v) is 10.3. The summed E-state index contributed by atoms with van der Waals surface area (Å²) in [6.07, 6.45) is 0. The molecule has 0 spiro atoms. The van der Waals surface area contributed by atoms with Gasteiger partial charge in [-0.3, -0.25) is 4.79 Å². The van der Waals surface area contributed by atoms with Crippen LogP contribution >= 0.6 is 0 Å². The van der Waals surface area contributed by atoms with E-state index in [-0.39, 0.29) is 23.4 Å². The first kappa shape index (κ1) is 14.4. The molecule has 18 heavy (non-hydrogen) atoms. The molecule has 0 aliphatic rings. The average molecular weight is 256 g/mol. The molecule has 0 fully saturated rings. The molecule has 0 saturated carbocycles. The van der Waals surface area contributed by atoms with Gasteiger partial charge in [-0.25, -0.2) is 4.39 Å². The lowest BCUT2D eigenvalue weighted by Gasteiger charge is -2.20. The number of benzene rings is 1. The molecule has 5 N–H and O–H groups in total. The summed E-state index contributed by atoms with van der Waals surface area (Å²) in [7, 11) is 0. The van der Waals surface area contributed by atoms with Gasteiger partial charge in [0.15, 0.2) is 0 Å². The highest BCUT2D eigenvalue weighted by atomic mass is 19.1. The summed E-state index contributed by atoms with van der Waals surface area (Å²) in [5, 5.41) is 20.7. The maximum atomic E-state index is 13.7. The Morgan fingerprint density at radius 2 is 2.17 bits per heavy atom. The first-order valence-electron chi connectivity index (χ1n) is 5.44. The highest BCUT2D eigenvalue weighted by Gasteiger charge is 2.21. The van der Waals surface area contributed by atoms with E-state index in [0.29, 0.717) is 0 Å². The summed E-state index contributed by atoms with van der Waals surface area (Å²) >= 11 is 0. The number of amides is 1. The van der Waals surface area contributed by atoms with Crippen molar-refractivity contribution in [3.63, 3.8) is 0 Å². The number of nitrogens with one attached hydrogen (secondary N) is 1. The molecule has 0 heterocycles. The topological polar surface area (TPSA) is 95.6 Å². The van der Waals surface area contributed by atoms with E-state index in [1.54, 1.807) is 0 Å². The molecule has 0 bridgehead atoms. The molecule has 1 amide bonds. The number of nitrogens with two attached hydrogens (primary N) is 1. The third kappa shape index (κ3) is 3.41. The minimum atomic E-state index is -1.44. The van der Waals surface area contributed by atoms with Crippen LogP contribution in [0.15, 0.2) is 12.1 Å². The summed E-state index contributed by atoms with van der Waals surface area (Å²) < 4.78 is 13.7. The highest BCUT2D eigenvalue weighted by molar-refractivity contribution is 5.95. The molecule has 1 atom stereocenters. The molecule has 0 aromatic heterocycles. The smallest absolute Gasteiger partial charge is 0.254 e. The zero-order valence-electron chi connectivity index (χ0n) is 10.3. The maximum Gasteiger partial charge on any atom is 0.254 e. The first-order valence-corrected chi connectivity index (χ1v) is 5.44. The highest BCUT2D eigenvalue weighted by Crippen LogP contribution is 2.17. The Hall–Kier alpha value is -1.66. The largest absolute Gasteiger partial charge is 0.399 e. The van der Waals surface area contributed by atoms with E-state index in [1.807, 2.05) is 0 Å². The molecule has 1 aromatic rings. The molecule has 6 heteroatoms. The molecule has 0 aliphatic heterocycles. The predicted octanol–water partition coefficient (Wildman–Crippen LogP) is 0.189. The van der Waals surface area contributed by atoms with Crippen molar-refractivity contribution >= 4 is 11.6 Å². The van der Waals surface area contributed by atoms with Crippen LogP contribution in [0.5, 0.6) is 0 Å². The Bertz CT molecular complexity index is 461. The quantitative estimate of drug-likeness (QED) is 0.578.